The van der Waals surface area contributed by atoms with E-state index in [0.29, 0.717) is 12.4 Å². The molecule has 0 amide bonds. The van der Waals surface area contributed by atoms with Crippen molar-refractivity contribution in [2.45, 2.75) is 20.1 Å². The van der Waals surface area contributed by atoms with E-state index < -0.39 is 0 Å². The van der Waals surface area contributed by atoms with Crippen molar-refractivity contribution in [3.05, 3.63) is 53.6 Å². The lowest BCUT2D eigenvalue weighted by Crippen LogP contribution is -2.13. The predicted molar refractivity (Wildman–Crippen MR) is 82.8 cm³/mol. The van der Waals surface area contributed by atoms with E-state index in [-0.39, 0.29) is 5.75 Å². The molecule has 21 heavy (non-hydrogen) atoms. The maximum atomic E-state index is 9.49. The Balaban J connectivity index is 2.16. The smallest absolute Gasteiger partial charge is 0.166 e. The molecule has 112 valence electrons. The van der Waals surface area contributed by atoms with Crippen LogP contribution in [0.1, 0.15) is 18.1 Å². The zero-order valence-corrected chi connectivity index (χ0v) is 12.4. The highest BCUT2D eigenvalue weighted by atomic mass is 16.5. The SMILES string of the molecule is CCNCc1cccc(OC)c1OCc1cccc(O)c1. The van der Waals surface area contributed by atoms with E-state index in [1.54, 1.807) is 25.3 Å². The fourth-order valence-electron chi connectivity index (χ4n) is 2.09. The molecule has 0 saturated heterocycles. The monoisotopic (exact) mass is 287 g/mol. The maximum Gasteiger partial charge on any atom is 0.166 e. The Bertz CT molecular complexity index is 584. The number of ether oxygens (including phenoxy) is 2. The summed E-state index contributed by atoms with van der Waals surface area (Å²) in [4.78, 5) is 0. The number of hydrogen-bond donors (Lipinski definition) is 2. The average Bonchev–Trinajstić information content (AvgIpc) is 2.51. The average molecular weight is 287 g/mol. The molecule has 2 N–H and O–H groups in total. The number of methoxy groups -OCH3 is 1. The lowest BCUT2D eigenvalue weighted by molar-refractivity contribution is 0.280. The molecule has 0 heterocycles. The first-order valence-corrected chi connectivity index (χ1v) is 7.02. The highest BCUT2D eigenvalue weighted by Crippen LogP contribution is 2.32. The normalized spacial score (nSPS) is 10.4. The Kier molecular flexibility index (Phi) is 5.46. The Labute approximate surface area is 125 Å². The van der Waals surface area contributed by atoms with Crippen molar-refractivity contribution in [2.75, 3.05) is 13.7 Å². The summed E-state index contributed by atoms with van der Waals surface area (Å²) < 4.78 is 11.3. The van der Waals surface area contributed by atoms with Gasteiger partial charge >= 0.3 is 0 Å². The third-order valence-electron chi connectivity index (χ3n) is 3.14. The molecule has 0 radical (unpaired) electrons. The molecule has 0 atom stereocenters. The lowest BCUT2D eigenvalue weighted by atomic mass is 10.1. The van der Waals surface area contributed by atoms with Crippen molar-refractivity contribution in [1.29, 1.82) is 0 Å². The molecule has 4 heteroatoms. The third-order valence-corrected chi connectivity index (χ3v) is 3.14. The molecule has 0 aromatic heterocycles. The summed E-state index contributed by atoms with van der Waals surface area (Å²) in [6.45, 7) is 4.06. The first-order chi connectivity index (χ1) is 10.2. The first kappa shape index (κ1) is 15.2. The summed E-state index contributed by atoms with van der Waals surface area (Å²) in [5, 5.41) is 12.8. The fraction of sp³-hybridized carbons (Fsp3) is 0.294. The number of benzene rings is 2. The van der Waals surface area contributed by atoms with Crippen LogP contribution in [0.15, 0.2) is 42.5 Å². The Morgan fingerprint density at radius 1 is 1.14 bits per heavy atom. The lowest BCUT2D eigenvalue weighted by Gasteiger charge is -2.15. The van der Waals surface area contributed by atoms with E-state index in [1.165, 1.54) is 0 Å². The van der Waals surface area contributed by atoms with Crippen LogP contribution in [-0.4, -0.2) is 18.8 Å². The molecule has 2 aromatic carbocycles. The number of aromatic hydroxyl groups is 1. The third kappa shape index (κ3) is 4.13. The second kappa shape index (κ2) is 7.55. The van der Waals surface area contributed by atoms with E-state index in [2.05, 4.69) is 12.2 Å². The Morgan fingerprint density at radius 2 is 1.95 bits per heavy atom. The summed E-state index contributed by atoms with van der Waals surface area (Å²) in [5.41, 5.74) is 1.96. The van der Waals surface area contributed by atoms with Crippen molar-refractivity contribution in [3.8, 4) is 17.2 Å². The molecule has 2 rings (SSSR count). The zero-order valence-electron chi connectivity index (χ0n) is 12.4. The second-order valence-corrected chi connectivity index (χ2v) is 4.69. The van der Waals surface area contributed by atoms with Gasteiger partial charge < -0.3 is 19.9 Å². The van der Waals surface area contributed by atoms with Crippen molar-refractivity contribution in [1.82, 2.24) is 5.32 Å². The van der Waals surface area contributed by atoms with Gasteiger partial charge in [-0.15, -0.1) is 0 Å². The molecule has 0 saturated carbocycles. The van der Waals surface area contributed by atoms with Crippen molar-refractivity contribution >= 4 is 0 Å². The van der Waals surface area contributed by atoms with Gasteiger partial charge in [0.05, 0.1) is 7.11 Å². The standard InChI is InChI=1S/C17H21NO3/c1-3-18-11-14-7-5-9-16(20-2)17(14)21-12-13-6-4-8-15(19)10-13/h4-10,18-19H,3,11-12H2,1-2H3. The summed E-state index contributed by atoms with van der Waals surface area (Å²) in [6.07, 6.45) is 0. The van der Waals surface area contributed by atoms with E-state index in [9.17, 15) is 5.11 Å². The van der Waals surface area contributed by atoms with Crippen molar-refractivity contribution in [3.63, 3.8) is 0 Å². The van der Waals surface area contributed by atoms with Crippen LogP contribution in [0.2, 0.25) is 0 Å². The molecular weight excluding hydrogens is 266 g/mol. The molecule has 0 unspecified atom stereocenters. The van der Waals surface area contributed by atoms with Crippen molar-refractivity contribution < 1.29 is 14.6 Å². The predicted octanol–water partition coefficient (Wildman–Crippen LogP) is 3.09. The van der Waals surface area contributed by atoms with Gasteiger partial charge in [0.25, 0.3) is 0 Å². The van der Waals surface area contributed by atoms with Gasteiger partial charge in [-0.1, -0.05) is 31.2 Å². The van der Waals surface area contributed by atoms with Gasteiger partial charge in [-0.2, -0.15) is 0 Å². The van der Waals surface area contributed by atoms with E-state index >= 15 is 0 Å². The van der Waals surface area contributed by atoms with Crippen LogP contribution in [0.5, 0.6) is 17.2 Å². The minimum absolute atomic E-state index is 0.240. The van der Waals surface area contributed by atoms with Gasteiger partial charge in [0.1, 0.15) is 12.4 Å². The molecule has 0 aliphatic carbocycles. The quantitative estimate of drug-likeness (QED) is 0.821. The summed E-state index contributed by atoms with van der Waals surface area (Å²) in [5.74, 6) is 1.69. The Hall–Kier alpha value is -2.20. The van der Waals surface area contributed by atoms with Gasteiger partial charge in [0, 0.05) is 12.1 Å². The number of rotatable bonds is 7. The second-order valence-electron chi connectivity index (χ2n) is 4.69. The van der Waals surface area contributed by atoms with E-state index in [0.717, 1.165) is 30.0 Å². The topological polar surface area (TPSA) is 50.7 Å². The molecule has 2 aromatic rings. The van der Waals surface area contributed by atoms with Gasteiger partial charge in [0.2, 0.25) is 0 Å². The van der Waals surface area contributed by atoms with Crippen LogP contribution < -0.4 is 14.8 Å². The summed E-state index contributed by atoms with van der Waals surface area (Å²) in [6, 6.07) is 12.9. The highest BCUT2D eigenvalue weighted by molar-refractivity contribution is 5.46. The van der Waals surface area contributed by atoms with Crippen LogP contribution in [0.4, 0.5) is 0 Å². The molecule has 4 nitrogen and oxygen atoms in total. The van der Waals surface area contributed by atoms with Gasteiger partial charge in [0.15, 0.2) is 11.5 Å². The number of hydrogen-bond acceptors (Lipinski definition) is 4. The largest absolute Gasteiger partial charge is 0.508 e. The summed E-state index contributed by atoms with van der Waals surface area (Å²) in [7, 11) is 1.63. The number of nitrogens with one attached hydrogen (secondary N) is 1. The first-order valence-electron chi connectivity index (χ1n) is 7.02. The molecule has 0 aliphatic rings. The van der Waals surface area contributed by atoms with Crippen LogP contribution in [0.25, 0.3) is 0 Å². The molecule has 0 aliphatic heterocycles. The van der Waals surface area contributed by atoms with Crippen molar-refractivity contribution in [2.24, 2.45) is 0 Å². The molecule has 0 spiro atoms. The zero-order chi connectivity index (χ0) is 15.1. The van der Waals surface area contributed by atoms with Crippen LogP contribution in [0.3, 0.4) is 0 Å². The number of phenols is 1. The Morgan fingerprint density at radius 3 is 2.67 bits per heavy atom. The van der Waals surface area contributed by atoms with Crippen LogP contribution in [-0.2, 0) is 13.2 Å². The summed E-state index contributed by atoms with van der Waals surface area (Å²) >= 11 is 0. The van der Waals surface area contributed by atoms with E-state index in [1.807, 2.05) is 24.3 Å². The molecular formula is C17H21NO3. The minimum Gasteiger partial charge on any atom is -0.508 e. The highest BCUT2D eigenvalue weighted by Gasteiger charge is 2.10. The number of para-hydroxylation sites is 1. The maximum absolute atomic E-state index is 9.49. The van der Waals surface area contributed by atoms with Gasteiger partial charge in [-0.3, -0.25) is 0 Å². The number of phenolic OH excluding ortho intramolecular Hbond substituents is 1. The van der Waals surface area contributed by atoms with Crippen LogP contribution in [0, 0.1) is 0 Å². The van der Waals surface area contributed by atoms with Crippen LogP contribution >= 0.6 is 0 Å². The van der Waals surface area contributed by atoms with E-state index in [4.69, 9.17) is 9.47 Å². The molecule has 0 fully saturated rings. The minimum atomic E-state index is 0.240. The van der Waals surface area contributed by atoms with Gasteiger partial charge in [-0.25, -0.2) is 0 Å². The van der Waals surface area contributed by atoms with Gasteiger partial charge in [-0.05, 0) is 30.3 Å². The fourth-order valence-corrected chi connectivity index (χ4v) is 2.09. The molecule has 0 bridgehead atoms.